The lowest BCUT2D eigenvalue weighted by atomic mass is 10.2. The smallest absolute Gasteiger partial charge is 0.294 e. The fourth-order valence-electron chi connectivity index (χ4n) is 2.27. The van der Waals surface area contributed by atoms with Crippen LogP contribution in [0.1, 0.15) is 35.3 Å². The third-order valence-corrected chi connectivity index (χ3v) is 4.59. The number of ether oxygens (including phenoxy) is 1. The number of methoxy groups -OCH3 is 1. The van der Waals surface area contributed by atoms with Crippen molar-refractivity contribution in [3.05, 3.63) is 16.1 Å². The number of thiazole rings is 1. The maximum atomic E-state index is 11.4. The van der Waals surface area contributed by atoms with E-state index in [1.807, 2.05) is 5.38 Å². The van der Waals surface area contributed by atoms with Crippen molar-refractivity contribution in [1.82, 2.24) is 15.3 Å². The van der Waals surface area contributed by atoms with Crippen LogP contribution in [0.15, 0.2) is 5.38 Å². The second kappa shape index (κ2) is 7.12. The zero-order chi connectivity index (χ0) is 14.5. The quantitative estimate of drug-likeness (QED) is 0.425. The Morgan fingerprint density at radius 1 is 1.70 bits per heavy atom. The number of amides is 1. The molecule has 0 spiro atoms. The van der Waals surface area contributed by atoms with Gasteiger partial charge >= 0.3 is 0 Å². The second-order valence-electron chi connectivity index (χ2n) is 5.16. The van der Waals surface area contributed by atoms with Crippen molar-refractivity contribution in [3.63, 3.8) is 0 Å². The molecule has 1 aliphatic carbocycles. The minimum atomic E-state index is -0.333. The summed E-state index contributed by atoms with van der Waals surface area (Å²) in [6, 6.07) is 0.527. The van der Waals surface area contributed by atoms with E-state index in [0.717, 1.165) is 24.7 Å². The number of carbonyl (C=O) groups is 1. The number of hydrogen-bond acceptors (Lipinski definition) is 6. The summed E-state index contributed by atoms with van der Waals surface area (Å²) >= 11 is 1.32. The fraction of sp³-hybridized carbons (Fsp3) is 0.692. The Balaban J connectivity index is 1.98. The molecule has 112 valence electrons. The lowest BCUT2D eigenvalue weighted by Gasteiger charge is -2.28. The first kappa shape index (κ1) is 15.4. The maximum Gasteiger partial charge on any atom is 0.294 e. The van der Waals surface area contributed by atoms with Gasteiger partial charge in [-0.15, -0.1) is 11.3 Å². The molecule has 0 bridgehead atoms. The van der Waals surface area contributed by atoms with Gasteiger partial charge < -0.3 is 4.74 Å². The fourth-order valence-corrected chi connectivity index (χ4v) is 2.98. The highest BCUT2D eigenvalue weighted by atomic mass is 32.1. The van der Waals surface area contributed by atoms with Crippen LogP contribution >= 0.6 is 11.3 Å². The molecule has 0 aromatic carbocycles. The highest BCUT2D eigenvalue weighted by Crippen LogP contribution is 2.35. The van der Waals surface area contributed by atoms with Gasteiger partial charge in [-0.2, -0.15) is 0 Å². The lowest BCUT2D eigenvalue weighted by molar-refractivity contribution is 0.0951. The van der Waals surface area contributed by atoms with Crippen LogP contribution in [-0.4, -0.2) is 42.1 Å². The van der Waals surface area contributed by atoms with Crippen molar-refractivity contribution >= 4 is 17.2 Å². The number of nitrogens with two attached hydrogens (primary N) is 1. The van der Waals surface area contributed by atoms with Crippen molar-refractivity contribution in [1.29, 1.82) is 0 Å². The van der Waals surface area contributed by atoms with E-state index in [2.05, 4.69) is 22.2 Å². The summed E-state index contributed by atoms with van der Waals surface area (Å²) in [6.45, 7) is 4.59. The molecule has 1 aromatic heterocycles. The average molecular weight is 298 g/mol. The maximum absolute atomic E-state index is 11.4. The molecule has 3 N–H and O–H groups in total. The minimum absolute atomic E-state index is 0.333. The van der Waals surface area contributed by atoms with Crippen LogP contribution in [0.3, 0.4) is 0 Å². The van der Waals surface area contributed by atoms with Gasteiger partial charge in [-0.1, -0.05) is 0 Å². The molecule has 0 radical (unpaired) electrons. The molecular formula is C13H22N4O2S. The van der Waals surface area contributed by atoms with Crippen molar-refractivity contribution in [2.24, 2.45) is 11.8 Å². The highest BCUT2D eigenvalue weighted by Gasteiger charge is 2.32. The summed E-state index contributed by atoms with van der Waals surface area (Å²) in [6.07, 6.45) is 2.62. The van der Waals surface area contributed by atoms with Gasteiger partial charge in [-0.25, -0.2) is 10.8 Å². The summed E-state index contributed by atoms with van der Waals surface area (Å²) in [4.78, 5) is 18.1. The van der Waals surface area contributed by atoms with E-state index < -0.39 is 0 Å². The predicted molar refractivity (Wildman–Crippen MR) is 78.2 cm³/mol. The van der Waals surface area contributed by atoms with Gasteiger partial charge in [0.1, 0.15) is 0 Å². The molecule has 6 nitrogen and oxygen atoms in total. The SMILES string of the molecule is COCCN(Cc1csc(C(=O)NN)n1)C(C)C1CC1. The lowest BCUT2D eigenvalue weighted by Crippen LogP contribution is -2.36. The molecule has 0 saturated heterocycles. The van der Waals surface area contributed by atoms with Crippen LogP contribution in [0.4, 0.5) is 0 Å². The van der Waals surface area contributed by atoms with Gasteiger partial charge in [0.25, 0.3) is 5.91 Å². The molecule has 1 heterocycles. The van der Waals surface area contributed by atoms with Crippen LogP contribution < -0.4 is 11.3 Å². The predicted octanol–water partition coefficient (Wildman–Crippen LogP) is 0.993. The van der Waals surface area contributed by atoms with E-state index in [0.29, 0.717) is 17.7 Å². The molecule has 20 heavy (non-hydrogen) atoms. The monoisotopic (exact) mass is 298 g/mol. The van der Waals surface area contributed by atoms with Crippen LogP contribution in [0, 0.1) is 5.92 Å². The van der Waals surface area contributed by atoms with Gasteiger partial charge in [0.2, 0.25) is 0 Å². The zero-order valence-corrected chi connectivity index (χ0v) is 12.8. The molecule has 1 unspecified atom stereocenters. The van der Waals surface area contributed by atoms with E-state index >= 15 is 0 Å². The molecule has 2 rings (SSSR count). The van der Waals surface area contributed by atoms with Crippen LogP contribution in [-0.2, 0) is 11.3 Å². The zero-order valence-electron chi connectivity index (χ0n) is 12.0. The molecule has 1 amide bonds. The Hall–Kier alpha value is -1.02. The average Bonchev–Trinajstić information content (AvgIpc) is 3.21. The van der Waals surface area contributed by atoms with E-state index in [4.69, 9.17) is 10.6 Å². The van der Waals surface area contributed by atoms with E-state index in [1.165, 1.54) is 24.2 Å². The first-order valence-corrected chi connectivity index (χ1v) is 7.72. The molecule has 1 saturated carbocycles. The normalized spacial score (nSPS) is 16.4. The standard InChI is InChI=1S/C13H22N4O2S/c1-9(10-3-4-10)17(5-6-19-2)7-11-8-20-13(15-11)12(18)16-14/h8-10H,3-7,14H2,1-2H3,(H,16,18). The van der Waals surface area contributed by atoms with Crippen LogP contribution in [0.2, 0.25) is 0 Å². The molecule has 7 heteroatoms. The number of nitrogens with one attached hydrogen (secondary N) is 1. The van der Waals surface area contributed by atoms with Gasteiger partial charge in [0.15, 0.2) is 5.01 Å². The number of aromatic nitrogens is 1. The molecule has 0 aliphatic heterocycles. The third kappa shape index (κ3) is 3.99. The minimum Gasteiger partial charge on any atom is -0.383 e. The summed E-state index contributed by atoms with van der Waals surface area (Å²) in [5.74, 6) is 5.57. The molecule has 1 aromatic rings. The Morgan fingerprint density at radius 2 is 2.45 bits per heavy atom. The van der Waals surface area contributed by atoms with Gasteiger partial charge in [0, 0.05) is 31.6 Å². The van der Waals surface area contributed by atoms with Crippen molar-refractivity contribution in [3.8, 4) is 0 Å². The summed E-state index contributed by atoms with van der Waals surface area (Å²) in [7, 11) is 1.71. The largest absolute Gasteiger partial charge is 0.383 e. The van der Waals surface area contributed by atoms with Gasteiger partial charge in [-0.05, 0) is 25.7 Å². The number of rotatable bonds is 8. The number of hydrazine groups is 1. The second-order valence-corrected chi connectivity index (χ2v) is 6.02. The van der Waals surface area contributed by atoms with E-state index in [1.54, 1.807) is 7.11 Å². The van der Waals surface area contributed by atoms with Gasteiger partial charge in [-0.3, -0.25) is 15.1 Å². The number of carbonyl (C=O) groups excluding carboxylic acids is 1. The number of hydrogen-bond donors (Lipinski definition) is 2. The summed E-state index contributed by atoms with van der Waals surface area (Å²) < 4.78 is 5.18. The Morgan fingerprint density at radius 3 is 3.05 bits per heavy atom. The van der Waals surface area contributed by atoms with E-state index in [-0.39, 0.29) is 5.91 Å². The molecular weight excluding hydrogens is 276 g/mol. The number of nitrogen functional groups attached to an aromatic ring is 1. The summed E-state index contributed by atoms with van der Waals surface area (Å²) in [5, 5.41) is 2.33. The van der Waals surface area contributed by atoms with Crippen molar-refractivity contribution < 1.29 is 9.53 Å². The third-order valence-electron chi connectivity index (χ3n) is 3.70. The van der Waals surface area contributed by atoms with Crippen LogP contribution in [0.5, 0.6) is 0 Å². The topological polar surface area (TPSA) is 80.5 Å². The number of nitrogens with zero attached hydrogens (tertiary/aromatic N) is 2. The first-order chi connectivity index (χ1) is 9.65. The molecule has 1 atom stereocenters. The molecule has 1 aliphatic rings. The van der Waals surface area contributed by atoms with Crippen LogP contribution in [0.25, 0.3) is 0 Å². The Labute approximate surface area is 123 Å². The summed E-state index contributed by atoms with van der Waals surface area (Å²) in [5.41, 5.74) is 3.02. The van der Waals surface area contributed by atoms with Crippen molar-refractivity contribution in [2.75, 3.05) is 20.3 Å². The Kier molecular flexibility index (Phi) is 5.47. The Bertz CT molecular complexity index is 447. The highest BCUT2D eigenvalue weighted by molar-refractivity contribution is 7.11. The first-order valence-electron chi connectivity index (χ1n) is 6.84. The van der Waals surface area contributed by atoms with Crippen molar-refractivity contribution in [2.45, 2.75) is 32.4 Å². The molecule has 1 fully saturated rings. The van der Waals surface area contributed by atoms with E-state index in [9.17, 15) is 4.79 Å². The van der Waals surface area contributed by atoms with Gasteiger partial charge in [0.05, 0.1) is 12.3 Å².